The van der Waals surface area contributed by atoms with Crippen LogP contribution in [0.25, 0.3) is 0 Å². The molecule has 1 aliphatic heterocycles. The minimum Gasteiger partial charge on any atom is -0.508 e. The first kappa shape index (κ1) is 59.2. The summed E-state index contributed by atoms with van der Waals surface area (Å²) in [6, 6.07) is -8.10. The van der Waals surface area contributed by atoms with Crippen molar-refractivity contribution >= 4 is 65.0 Å². The minimum atomic E-state index is -1.81. The molecule has 0 bridgehead atoms. The predicted molar refractivity (Wildman–Crippen MR) is 244 cm³/mol. The van der Waals surface area contributed by atoms with Crippen LogP contribution in [0, 0.1) is 5.92 Å². The van der Waals surface area contributed by atoms with Gasteiger partial charge < -0.3 is 84.9 Å². The fourth-order valence-corrected chi connectivity index (χ4v) is 7.09. The van der Waals surface area contributed by atoms with Crippen LogP contribution in [0.15, 0.2) is 24.3 Å². The molecule has 18 N–H and O–H groups in total. The van der Waals surface area contributed by atoms with Crippen molar-refractivity contribution in [1.82, 2.24) is 42.1 Å². The molecule has 1 heterocycles. The molecule has 10 amide bonds. The first-order valence-corrected chi connectivity index (χ1v) is 22.5. The van der Waals surface area contributed by atoms with Crippen molar-refractivity contribution in [1.29, 1.82) is 0 Å². The maximum Gasteiger partial charge on any atom is 0.328 e. The van der Waals surface area contributed by atoms with Crippen LogP contribution in [0.2, 0.25) is 0 Å². The number of phenols is 1. The number of carboxylic acids is 1. The van der Waals surface area contributed by atoms with Gasteiger partial charge in [-0.15, -0.1) is 0 Å². The maximum atomic E-state index is 13.8. The average molecular weight is 994 g/mol. The Hall–Kier alpha value is -6.97. The van der Waals surface area contributed by atoms with Gasteiger partial charge in [0.25, 0.3) is 0 Å². The van der Waals surface area contributed by atoms with Gasteiger partial charge in [-0.2, -0.15) is 0 Å². The fourth-order valence-electron chi connectivity index (χ4n) is 7.09. The number of likely N-dealkylation sites (tertiary alicyclic amines) is 1. The molecule has 0 unspecified atom stereocenters. The van der Waals surface area contributed by atoms with Gasteiger partial charge in [0, 0.05) is 25.8 Å². The van der Waals surface area contributed by atoms with E-state index in [0.29, 0.717) is 12.0 Å². The maximum absolute atomic E-state index is 13.8. The number of nitrogens with two attached hydrogens (primary N) is 3. The zero-order valence-corrected chi connectivity index (χ0v) is 39.3. The van der Waals surface area contributed by atoms with E-state index in [-0.39, 0.29) is 56.7 Å². The number of carboxylic acid groups (broad SMARTS) is 1. The summed E-state index contributed by atoms with van der Waals surface area (Å²) in [5, 5.41) is 65.8. The van der Waals surface area contributed by atoms with Crippen LogP contribution >= 0.6 is 0 Å². The Labute approximate surface area is 402 Å². The standard InChI is InChI=1S/C43H67N11O16/c1-20(2)16-27(38(64)53-34(22(4)57)43(69)70)50-41(67)31-6-5-15-54(31)42(68)21(3)47-39(65)29(18-55)52-37(63)28(17-23-7-9-24(58)10-8-23)49-40(66)30(19-56)51-36(62)26(12-14-33(46)60)48-35(61)25(44)11-13-32(45)59/h7-10,20-22,25-31,34,55-58H,5-6,11-19,44H2,1-4H3,(H2,45,59)(H2,46,60)(H,47,65)(H,48,61)(H,49,66)(H,50,67)(H,51,62)(H,52,63)(H,53,64)(H,69,70)/t21-,22+,25-,26-,27-,28-,29-,30-,31-,34-/m0/s1. The summed E-state index contributed by atoms with van der Waals surface area (Å²) in [5.41, 5.74) is 16.5. The number of phenolic OH excluding ortho intramolecular Hbond substituents is 1. The third kappa shape index (κ3) is 19.2. The highest BCUT2D eigenvalue weighted by Crippen LogP contribution is 2.20. The zero-order valence-electron chi connectivity index (χ0n) is 39.3. The normalized spacial score (nSPS) is 17.2. The third-order valence-corrected chi connectivity index (χ3v) is 10.9. The lowest BCUT2D eigenvalue weighted by atomic mass is 10.0. The number of aromatic hydroxyl groups is 1. The van der Waals surface area contributed by atoms with E-state index in [4.69, 9.17) is 17.2 Å². The van der Waals surface area contributed by atoms with Crippen molar-refractivity contribution < 1.29 is 78.3 Å². The molecule has 0 aliphatic carbocycles. The largest absolute Gasteiger partial charge is 0.508 e. The predicted octanol–water partition coefficient (Wildman–Crippen LogP) is -6.31. The van der Waals surface area contributed by atoms with Crippen LogP contribution < -0.4 is 54.4 Å². The molecule has 10 atom stereocenters. The molecule has 70 heavy (non-hydrogen) atoms. The van der Waals surface area contributed by atoms with Gasteiger partial charge in [-0.25, -0.2) is 4.79 Å². The lowest BCUT2D eigenvalue weighted by molar-refractivity contribution is -0.145. The number of nitrogens with zero attached hydrogens (tertiary/aromatic N) is 1. The van der Waals surface area contributed by atoms with Gasteiger partial charge in [-0.3, -0.25) is 47.9 Å². The number of nitrogens with one attached hydrogen (secondary N) is 7. The number of carbonyl (C=O) groups excluding carboxylic acids is 10. The molecule has 1 fully saturated rings. The molecule has 390 valence electrons. The highest BCUT2D eigenvalue weighted by Gasteiger charge is 2.40. The quantitative estimate of drug-likeness (QED) is 0.0355. The molecular formula is C43H67N11O16. The number of benzene rings is 1. The number of primary amides is 2. The first-order valence-electron chi connectivity index (χ1n) is 22.5. The van der Waals surface area contributed by atoms with Crippen LogP contribution in [0.3, 0.4) is 0 Å². The average Bonchev–Trinajstić information content (AvgIpc) is 3.79. The lowest BCUT2D eigenvalue weighted by Gasteiger charge is -2.30. The van der Waals surface area contributed by atoms with Crippen LogP contribution in [0.5, 0.6) is 5.75 Å². The van der Waals surface area contributed by atoms with E-state index in [9.17, 15) is 78.3 Å². The van der Waals surface area contributed by atoms with Crippen molar-refractivity contribution in [3.8, 4) is 5.75 Å². The first-order chi connectivity index (χ1) is 32.8. The van der Waals surface area contributed by atoms with Crippen LogP contribution in [-0.2, 0) is 59.2 Å². The van der Waals surface area contributed by atoms with Gasteiger partial charge in [0.15, 0.2) is 6.04 Å². The summed E-state index contributed by atoms with van der Waals surface area (Å²) >= 11 is 0. The van der Waals surface area contributed by atoms with E-state index in [1.165, 1.54) is 43.0 Å². The van der Waals surface area contributed by atoms with Crippen LogP contribution in [0.1, 0.15) is 78.2 Å². The Bertz CT molecular complexity index is 2040. The van der Waals surface area contributed by atoms with Crippen molar-refractivity contribution in [3.63, 3.8) is 0 Å². The number of hydrogen-bond acceptors (Lipinski definition) is 16. The molecule has 0 spiro atoms. The summed E-state index contributed by atoms with van der Waals surface area (Å²) in [6.07, 6.45) is -2.48. The van der Waals surface area contributed by atoms with Crippen molar-refractivity contribution in [2.45, 2.75) is 140 Å². The van der Waals surface area contributed by atoms with E-state index in [1.54, 1.807) is 13.8 Å². The smallest absolute Gasteiger partial charge is 0.328 e. The Morgan fingerprint density at radius 2 is 1.14 bits per heavy atom. The molecule has 2 rings (SSSR count). The molecular weight excluding hydrogens is 927 g/mol. The Kier molecular flexibility index (Phi) is 24.1. The Balaban J connectivity index is 2.25. The second-order valence-corrected chi connectivity index (χ2v) is 17.3. The molecule has 1 aliphatic rings. The summed E-state index contributed by atoms with van der Waals surface area (Å²) in [6.45, 7) is 3.91. The van der Waals surface area contributed by atoms with Gasteiger partial charge in [0.2, 0.25) is 59.1 Å². The number of hydrogen-bond donors (Lipinski definition) is 15. The van der Waals surface area contributed by atoms with Gasteiger partial charge >= 0.3 is 5.97 Å². The topological polar surface area (TPSA) is 454 Å². The summed E-state index contributed by atoms with van der Waals surface area (Å²) in [5.74, 6) is -11.1. The van der Waals surface area contributed by atoms with Crippen LogP contribution in [-0.4, -0.2) is 176 Å². The number of amides is 10. The number of carbonyl (C=O) groups is 11. The molecule has 1 aromatic carbocycles. The molecule has 0 aromatic heterocycles. The number of aliphatic carboxylic acids is 1. The van der Waals surface area contributed by atoms with Gasteiger partial charge in [0.1, 0.15) is 48.0 Å². The summed E-state index contributed by atoms with van der Waals surface area (Å²) in [7, 11) is 0. The highest BCUT2D eigenvalue weighted by molar-refractivity contribution is 5.98. The third-order valence-electron chi connectivity index (χ3n) is 10.9. The van der Waals surface area contributed by atoms with Gasteiger partial charge in [-0.05, 0) is 69.6 Å². The second-order valence-electron chi connectivity index (χ2n) is 17.3. The molecule has 1 aromatic rings. The molecule has 0 saturated carbocycles. The Morgan fingerprint density at radius 3 is 1.66 bits per heavy atom. The zero-order chi connectivity index (χ0) is 53.0. The summed E-state index contributed by atoms with van der Waals surface area (Å²) in [4.78, 5) is 143. The van der Waals surface area contributed by atoms with Gasteiger partial charge in [-0.1, -0.05) is 26.0 Å². The van der Waals surface area contributed by atoms with Crippen LogP contribution in [0.4, 0.5) is 0 Å². The lowest BCUT2D eigenvalue weighted by Crippen LogP contribution is -2.61. The molecule has 27 heteroatoms. The number of aliphatic hydroxyl groups excluding tert-OH is 3. The van der Waals surface area contributed by atoms with Gasteiger partial charge in [0.05, 0.1) is 25.4 Å². The van der Waals surface area contributed by atoms with Crippen molar-refractivity contribution in [2.75, 3.05) is 19.8 Å². The van der Waals surface area contributed by atoms with E-state index in [2.05, 4.69) is 37.2 Å². The Morgan fingerprint density at radius 1 is 0.657 bits per heavy atom. The summed E-state index contributed by atoms with van der Waals surface area (Å²) < 4.78 is 0. The van der Waals surface area contributed by atoms with E-state index >= 15 is 0 Å². The highest BCUT2D eigenvalue weighted by atomic mass is 16.4. The van der Waals surface area contributed by atoms with E-state index < -0.39 is 145 Å². The second kappa shape index (κ2) is 28.5. The number of rotatable bonds is 29. The SMILES string of the molecule is CC(C)C[C@H](NC(=O)[C@@H]1CCCN1C(=O)[C@H](C)NC(=O)[C@H](CO)NC(=O)[C@H](Cc1ccc(O)cc1)NC(=O)[C@H](CO)NC(=O)[C@H](CCC(N)=O)NC(=O)[C@@H](N)CCC(N)=O)C(=O)N[C@H](C(=O)O)[C@@H](C)O. The number of aliphatic hydroxyl groups is 3. The molecule has 0 radical (unpaired) electrons. The molecule has 1 saturated heterocycles. The van der Waals surface area contributed by atoms with E-state index in [0.717, 1.165) is 0 Å². The monoisotopic (exact) mass is 993 g/mol. The fraction of sp³-hybridized carbons (Fsp3) is 0.605. The van der Waals surface area contributed by atoms with Crippen molar-refractivity contribution in [3.05, 3.63) is 29.8 Å². The molecule has 27 nitrogen and oxygen atoms in total. The minimum absolute atomic E-state index is 0.0601. The van der Waals surface area contributed by atoms with E-state index in [1.807, 2.05) is 0 Å². The van der Waals surface area contributed by atoms with Crippen molar-refractivity contribution in [2.24, 2.45) is 23.1 Å².